The summed E-state index contributed by atoms with van der Waals surface area (Å²) in [6, 6.07) is 30.3. The van der Waals surface area contributed by atoms with Crippen molar-refractivity contribution in [3.8, 4) is 5.75 Å². The van der Waals surface area contributed by atoms with E-state index in [1.54, 1.807) is 30.3 Å². The molecular formula is C35H33BrN6O4. The Balaban J connectivity index is 1.40. The third-order valence-corrected chi connectivity index (χ3v) is 9.03. The van der Waals surface area contributed by atoms with Crippen molar-refractivity contribution in [1.82, 2.24) is 10.9 Å². The third-order valence-electron chi connectivity index (χ3n) is 8.26. The van der Waals surface area contributed by atoms with Gasteiger partial charge in [0.1, 0.15) is 5.75 Å². The van der Waals surface area contributed by atoms with Gasteiger partial charge in [-0.1, -0.05) is 87.8 Å². The molecule has 10 nitrogen and oxygen atoms in total. The zero-order chi connectivity index (χ0) is 31.9. The van der Waals surface area contributed by atoms with E-state index in [9.17, 15) is 10.3 Å². The molecule has 0 spiro atoms. The Morgan fingerprint density at radius 1 is 1.02 bits per heavy atom. The van der Waals surface area contributed by atoms with E-state index in [4.69, 9.17) is 19.6 Å². The van der Waals surface area contributed by atoms with Crippen LogP contribution in [0.4, 0.5) is 5.69 Å². The fourth-order valence-corrected chi connectivity index (χ4v) is 6.40. The number of carbonyl (C=O) groups excluding carboxylic acids is 1. The molecule has 6 rings (SSSR count). The Morgan fingerprint density at radius 2 is 1.72 bits per heavy atom. The maximum absolute atomic E-state index is 14.6. The number of hydrazine groups is 1. The Labute approximate surface area is 275 Å². The van der Waals surface area contributed by atoms with Crippen LogP contribution in [0.2, 0.25) is 0 Å². The number of benzene rings is 4. The van der Waals surface area contributed by atoms with Crippen LogP contribution in [0.15, 0.2) is 112 Å². The summed E-state index contributed by atoms with van der Waals surface area (Å²) in [6.45, 7) is 0.436. The van der Waals surface area contributed by atoms with Gasteiger partial charge in [-0.25, -0.2) is 10.4 Å². The zero-order valence-corrected chi connectivity index (χ0v) is 26.6. The van der Waals surface area contributed by atoms with Gasteiger partial charge in [-0.15, -0.1) is 0 Å². The van der Waals surface area contributed by atoms with Gasteiger partial charge >= 0.3 is 0 Å². The van der Waals surface area contributed by atoms with Crippen molar-refractivity contribution in [3.63, 3.8) is 0 Å². The lowest BCUT2D eigenvalue weighted by molar-refractivity contribution is -0.130. The molecule has 0 unspecified atom stereocenters. The molecule has 0 radical (unpaired) electrons. The average molecular weight is 682 g/mol. The summed E-state index contributed by atoms with van der Waals surface area (Å²) < 4.78 is 13.2. The first-order valence-electron chi connectivity index (χ1n) is 15.1. The molecular weight excluding hydrogens is 648 g/mol. The molecule has 1 amide bonds. The highest BCUT2D eigenvalue weighted by Gasteiger charge is 2.54. The van der Waals surface area contributed by atoms with Gasteiger partial charge < -0.3 is 14.6 Å². The monoisotopic (exact) mass is 680 g/mol. The standard InChI is InChI=1S/C35H33BrN6O4/c36-30-12-5-3-10-26(30)22-35(34(44)41-39-27-20-24-8-1-2-9-25(24)21-27)32(29-11-4-6-13-31(29)40-42-37)46-33(38-35)23-14-16-28(17-15-23)45-19-7-18-43/h1-6,8-17,27,32,39,43H,7,18-22H2,(H,41,44)/t32-,35-/m0/s1. The summed E-state index contributed by atoms with van der Waals surface area (Å²) in [7, 11) is 0. The van der Waals surface area contributed by atoms with Gasteiger partial charge in [-0.05, 0) is 65.4 Å². The van der Waals surface area contributed by atoms with E-state index >= 15 is 0 Å². The fraction of sp³-hybridized carbons (Fsp3) is 0.257. The SMILES string of the molecule is [N-]=[N+]=Nc1ccccc1[C@@H]1OC(c2ccc(OCCCO)cc2)=N[C@]1(Cc1ccccc1Br)C(=O)NNC1Cc2ccccc2C1. The summed E-state index contributed by atoms with van der Waals surface area (Å²) in [6.07, 6.45) is 1.36. The normalized spacial score (nSPS) is 18.7. The largest absolute Gasteiger partial charge is 0.494 e. The first-order chi connectivity index (χ1) is 22.5. The van der Waals surface area contributed by atoms with Crippen LogP contribution in [-0.4, -0.2) is 41.7 Å². The van der Waals surface area contributed by atoms with Crippen molar-refractivity contribution in [2.75, 3.05) is 13.2 Å². The summed E-state index contributed by atoms with van der Waals surface area (Å²) in [5, 5.41) is 13.0. The van der Waals surface area contributed by atoms with Gasteiger partial charge in [-0.3, -0.25) is 10.2 Å². The molecule has 46 heavy (non-hydrogen) atoms. The van der Waals surface area contributed by atoms with E-state index in [1.807, 2.05) is 54.6 Å². The number of azide groups is 1. The molecule has 0 saturated heterocycles. The highest BCUT2D eigenvalue weighted by atomic mass is 79.9. The summed E-state index contributed by atoms with van der Waals surface area (Å²) >= 11 is 3.66. The molecule has 0 saturated carbocycles. The number of halogens is 1. The molecule has 1 heterocycles. The quantitative estimate of drug-likeness (QED) is 0.0519. The van der Waals surface area contributed by atoms with Crippen molar-refractivity contribution in [2.24, 2.45) is 10.1 Å². The predicted octanol–water partition coefficient (Wildman–Crippen LogP) is 6.44. The Bertz CT molecular complexity index is 1770. The zero-order valence-electron chi connectivity index (χ0n) is 25.0. The van der Waals surface area contributed by atoms with Gasteiger partial charge in [-0.2, -0.15) is 0 Å². The molecule has 2 atom stereocenters. The van der Waals surface area contributed by atoms with E-state index in [0.29, 0.717) is 35.6 Å². The number of aliphatic hydroxyl groups is 1. The summed E-state index contributed by atoms with van der Waals surface area (Å²) in [5.74, 6) is 0.539. The van der Waals surface area contributed by atoms with Gasteiger partial charge in [0.15, 0.2) is 11.6 Å². The molecule has 3 N–H and O–H groups in total. The van der Waals surface area contributed by atoms with Crippen LogP contribution in [0.1, 0.15) is 40.3 Å². The molecule has 2 aliphatic rings. The fourth-order valence-electron chi connectivity index (χ4n) is 5.98. The van der Waals surface area contributed by atoms with E-state index in [-0.39, 0.29) is 30.9 Å². The van der Waals surface area contributed by atoms with Crippen LogP contribution in [-0.2, 0) is 28.8 Å². The minimum Gasteiger partial charge on any atom is -0.494 e. The number of carbonyl (C=O) groups is 1. The Kier molecular flexibility index (Phi) is 9.65. The van der Waals surface area contributed by atoms with Crippen LogP contribution in [0.5, 0.6) is 5.75 Å². The van der Waals surface area contributed by atoms with Crippen LogP contribution in [0.25, 0.3) is 10.4 Å². The summed E-state index contributed by atoms with van der Waals surface area (Å²) in [4.78, 5) is 22.7. The summed E-state index contributed by atoms with van der Waals surface area (Å²) in [5.41, 5.74) is 19.1. The number of ether oxygens (including phenoxy) is 2. The molecule has 0 aromatic heterocycles. The molecule has 4 aromatic rings. The van der Waals surface area contributed by atoms with Crippen LogP contribution in [0.3, 0.4) is 0 Å². The number of hydrogen-bond acceptors (Lipinski definition) is 7. The Morgan fingerprint density at radius 3 is 2.43 bits per heavy atom. The van der Waals surface area contributed by atoms with E-state index in [2.05, 4.69) is 48.9 Å². The van der Waals surface area contributed by atoms with Gasteiger partial charge in [0.2, 0.25) is 5.90 Å². The van der Waals surface area contributed by atoms with Crippen molar-refractivity contribution >= 4 is 33.4 Å². The number of aliphatic hydroxyl groups excluding tert-OH is 1. The molecule has 11 heteroatoms. The molecule has 0 bridgehead atoms. The highest BCUT2D eigenvalue weighted by molar-refractivity contribution is 9.10. The predicted molar refractivity (Wildman–Crippen MR) is 179 cm³/mol. The third kappa shape index (κ3) is 6.63. The maximum atomic E-state index is 14.6. The number of hydrogen-bond donors (Lipinski definition) is 3. The number of fused-ring (bicyclic) bond motifs is 1. The highest BCUT2D eigenvalue weighted by Crippen LogP contribution is 2.46. The van der Waals surface area contributed by atoms with E-state index in [0.717, 1.165) is 22.9 Å². The lowest BCUT2D eigenvalue weighted by atomic mass is 9.81. The average Bonchev–Trinajstić information content (AvgIpc) is 3.68. The van der Waals surface area contributed by atoms with Gasteiger partial charge in [0.25, 0.3) is 5.91 Å². The van der Waals surface area contributed by atoms with Crippen LogP contribution >= 0.6 is 15.9 Å². The van der Waals surface area contributed by atoms with Crippen LogP contribution < -0.4 is 15.6 Å². The van der Waals surface area contributed by atoms with Gasteiger partial charge in [0, 0.05) is 51.7 Å². The number of nitrogens with zero attached hydrogens (tertiary/aromatic N) is 4. The van der Waals surface area contributed by atoms with Crippen molar-refractivity contribution in [2.45, 2.75) is 43.4 Å². The minimum atomic E-state index is -1.49. The van der Waals surface area contributed by atoms with Gasteiger partial charge in [0.05, 0.1) is 6.61 Å². The van der Waals surface area contributed by atoms with Crippen LogP contribution in [0, 0.1) is 0 Å². The molecule has 1 aliphatic heterocycles. The Hall–Kier alpha value is -4.67. The molecule has 1 aliphatic carbocycles. The number of amides is 1. The van der Waals surface area contributed by atoms with E-state index in [1.165, 1.54) is 11.1 Å². The lowest BCUT2D eigenvalue weighted by Crippen LogP contribution is -2.56. The first-order valence-corrected chi connectivity index (χ1v) is 15.9. The second-order valence-electron chi connectivity index (χ2n) is 11.3. The number of aliphatic imine (C=N–C) groups is 1. The van der Waals surface area contributed by atoms with Crippen molar-refractivity contribution in [1.29, 1.82) is 0 Å². The second kappa shape index (κ2) is 14.2. The smallest absolute Gasteiger partial charge is 0.266 e. The molecule has 234 valence electrons. The molecule has 4 aromatic carbocycles. The minimum absolute atomic E-state index is 0.0138. The lowest BCUT2D eigenvalue weighted by Gasteiger charge is -2.32. The van der Waals surface area contributed by atoms with E-state index < -0.39 is 11.6 Å². The topological polar surface area (TPSA) is 141 Å². The maximum Gasteiger partial charge on any atom is 0.266 e. The number of rotatable bonds is 12. The first kappa shape index (κ1) is 31.3. The second-order valence-corrected chi connectivity index (χ2v) is 12.1. The molecule has 0 fully saturated rings. The van der Waals surface area contributed by atoms with Crippen molar-refractivity contribution < 1.29 is 19.4 Å². The van der Waals surface area contributed by atoms with Crippen molar-refractivity contribution in [3.05, 3.63) is 140 Å². The number of nitrogens with one attached hydrogen (secondary N) is 2.